The van der Waals surface area contributed by atoms with Crippen molar-refractivity contribution in [1.29, 1.82) is 0 Å². The number of ether oxygens (including phenoxy) is 1. The first kappa shape index (κ1) is 16.7. The predicted octanol–water partition coefficient (Wildman–Crippen LogP) is 2.82. The topological polar surface area (TPSA) is 93.0 Å². The molecule has 0 unspecified atom stereocenters. The maximum absolute atomic E-state index is 11.8. The van der Waals surface area contributed by atoms with Gasteiger partial charge in [-0.3, -0.25) is 0 Å². The van der Waals surface area contributed by atoms with Gasteiger partial charge in [-0.05, 0) is 42.0 Å². The molecular weight excluding hydrogens is 336 g/mol. The highest BCUT2D eigenvalue weighted by atomic mass is 32.1. The largest absolute Gasteiger partial charge is 0.497 e. The van der Waals surface area contributed by atoms with E-state index in [1.807, 2.05) is 42.5 Å². The average molecular weight is 352 g/mol. The first-order valence-corrected chi connectivity index (χ1v) is 7.90. The third-order valence-corrected chi connectivity index (χ3v) is 3.90. The van der Waals surface area contributed by atoms with E-state index >= 15 is 0 Å². The summed E-state index contributed by atoms with van der Waals surface area (Å²) in [4.78, 5) is 18.7. The fourth-order valence-corrected chi connectivity index (χ4v) is 2.73. The number of H-pyrrole nitrogens is 1. The van der Waals surface area contributed by atoms with Gasteiger partial charge >= 0.3 is 5.69 Å². The van der Waals surface area contributed by atoms with Crippen molar-refractivity contribution in [2.45, 2.75) is 0 Å². The highest BCUT2D eigenvalue weighted by Crippen LogP contribution is 2.26. The Bertz CT molecular complexity index is 953. The zero-order valence-corrected chi connectivity index (χ0v) is 14.3. The van der Waals surface area contributed by atoms with Crippen LogP contribution in [-0.2, 0) is 0 Å². The molecule has 0 radical (unpaired) electrons. The van der Waals surface area contributed by atoms with Crippen LogP contribution in [0.1, 0.15) is 5.56 Å². The molecule has 4 N–H and O–H groups in total. The number of rotatable bonds is 4. The highest BCUT2D eigenvalue weighted by Gasteiger charge is 2.17. The Morgan fingerprint density at radius 3 is 2.48 bits per heavy atom. The van der Waals surface area contributed by atoms with E-state index in [-0.39, 0.29) is 5.82 Å². The molecule has 0 aliphatic heterocycles. The lowest BCUT2D eigenvalue weighted by molar-refractivity contribution is 0.415. The molecule has 1 aromatic heterocycles. The number of thiocarbonyl (C=S) groups is 1. The second-order valence-electron chi connectivity index (χ2n) is 5.23. The van der Waals surface area contributed by atoms with Crippen LogP contribution in [0.5, 0.6) is 5.75 Å². The van der Waals surface area contributed by atoms with Gasteiger partial charge in [0.15, 0.2) is 0 Å². The summed E-state index contributed by atoms with van der Waals surface area (Å²) in [6.07, 6.45) is 0. The second kappa shape index (κ2) is 7.14. The summed E-state index contributed by atoms with van der Waals surface area (Å²) in [5, 5.41) is 3.12. The van der Waals surface area contributed by atoms with Crippen LogP contribution in [0.15, 0.2) is 59.4 Å². The molecule has 0 bridgehead atoms. The van der Waals surface area contributed by atoms with E-state index in [0.717, 1.165) is 11.3 Å². The number of nitrogens with two attached hydrogens (primary N) is 1. The van der Waals surface area contributed by atoms with Crippen molar-refractivity contribution in [3.8, 4) is 17.0 Å². The van der Waals surface area contributed by atoms with Gasteiger partial charge in [0.05, 0.1) is 18.4 Å². The fraction of sp³-hybridized carbons (Fsp3) is 0.0556. The van der Waals surface area contributed by atoms with Crippen LogP contribution < -0.4 is 21.5 Å². The maximum atomic E-state index is 11.8. The molecule has 1 heterocycles. The lowest BCUT2D eigenvalue weighted by Gasteiger charge is -2.14. The molecule has 0 amide bonds. The lowest BCUT2D eigenvalue weighted by atomic mass is 10.1. The van der Waals surface area contributed by atoms with E-state index in [1.54, 1.807) is 19.2 Å². The number of benzene rings is 2. The van der Waals surface area contributed by atoms with Crippen LogP contribution in [0.4, 0.5) is 11.5 Å². The Balaban J connectivity index is 2.06. The molecule has 0 aliphatic carbocycles. The van der Waals surface area contributed by atoms with Gasteiger partial charge in [0, 0.05) is 5.69 Å². The summed E-state index contributed by atoms with van der Waals surface area (Å²) < 4.78 is 5.16. The van der Waals surface area contributed by atoms with Crippen molar-refractivity contribution in [2.75, 3.05) is 18.2 Å². The fourth-order valence-electron chi connectivity index (χ4n) is 2.41. The van der Waals surface area contributed by atoms with E-state index in [9.17, 15) is 4.79 Å². The highest BCUT2D eigenvalue weighted by molar-refractivity contribution is 7.81. The molecule has 6 nitrogen and oxygen atoms in total. The predicted molar refractivity (Wildman–Crippen MR) is 103 cm³/mol. The average Bonchev–Trinajstić information content (AvgIpc) is 2.62. The van der Waals surface area contributed by atoms with Gasteiger partial charge < -0.3 is 20.8 Å². The molecule has 0 saturated heterocycles. The SMILES string of the molecule is COc1ccc(-c2[nH]c(=O)nc(N)c2C(=S)Nc2ccccc2)cc1. The first-order chi connectivity index (χ1) is 12.1. The molecule has 0 fully saturated rings. The van der Waals surface area contributed by atoms with E-state index < -0.39 is 5.69 Å². The van der Waals surface area contributed by atoms with Gasteiger partial charge in [0.25, 0.3) is 0 Å². The van der Waals surface area contributed by atoms with Crippen molar-refractivity contribution in [1.82, 2.24) is 9.97 Å². The zero-order chi connectivity index (χ0) is 17.8. The molecule has 25 heavy (non-hydrogen) atoms. The quantitative estimate of drug-likeness (QED) is 0.625. The second-order valence-corrected chi connectivity index (χ2v) is 5.63. The molecule has 0 saturated carbocycles. The van der Waals surface area contributed by atoms with Gasteiger partial charge in [-0.15, -0.1) is 0 Å². The van der Waals surface area contributed by atoms with Crippen LogP contribution in [-0.4, -0.2) is 22.1 Å². The minimum Gasteiger partial charge on any atom is -0.497 e. The molecule has 0 aliphatic rings. The minimum absolute atomic E-state index is 0.0722. The van der Waals surface area contributed by atoms with Gasteiger partial charge in [0.1, 0.15) is 16.6 Å². The summed E-state index contributed by atoms with van der Waals surface area (Å²) in [7, 11) is 1.59. The van der Waals surface area contributed by atoms with Crippen LogP contribution in [0.3, 0.4) is 0 Å². The van der Waals surface area contributed by atoms with Gasteiger partial charge in [-0.2, -0.15) is 4.98 Å². The summed E-state index contributed by atoms with van der Waals surface area (Å²) in [6.45, 7) is 0. The standard InChI is InChI=1S/C18H16N4O2S/c1-24-13-9-7-11(8-10-13)15-14(16(19)22-18(23)21-15)17(25)20-12-5-3-2-4-6-12/h2-10H,1H3,(H,20,25)(H3,19,21,22,23). The minimum atomic E-state index is -0.533. The number of hydrogen-bond donors (Lipinski definition) is 3. The third-order valence-electron chi connectivity index (χ3n) is 3.60. The Kier molecular flexibility index (Phi) is 4.76. The van der Waals surface area contributed by atoms with Gasteiger partial charge in [-0.1, -0.05) is 30.4 Å². The summed E-state index contributed by atoms with van der Waals surface area (Å²) in [5.41, 5.74) is 8.01. The number of methoxy groups -OCH3 is 1. The number of hydrogen-bond acceptors (Lipinski definition) is 5. The third kappa shape index (κ3) is 3.67. The van der Waals surface area contributed by atoms with Crippen molar-refractivity contribution < 1.29 is 4.74 Å². The number of nitrogen functional groups attached to an aromatic ring is 1. The summed E-state index contributed by atoms with van der Waals surface area (Å²) in [6, 6.07) is 16.7. The monoisotopic (exact) mass is 352 g/mol. The van der Waals surface area contributed by atoms with Crippen molar-refractivity contribution in [2.24, 2.45) is 0 Å². The molecule has 3 rings (SSSR count). The van der Waals surface area contributed by atoms with E-state index in [2.05, 4.69) is 15.3 Å². The Labute approximate surface area is 149 Å². The van der Waals surface area contributed by atoms with Crippen molar-refractivity contribution in [3.05, 3.63) is 70.6 Å². The van der Waals surface area contributed by atoms with Crippen LogP contribution >= 0.6 is 12.2 Å². The number of aromatic nitrogens is 2. The maximum Gasteiger partial charge on any atom is 0.347 e. The number of aromatic amines is 1. The number of anilines is 2. The molecule has 3 aromatic rings. The van der Waals surface area contributed by atoms with E-state index in [4.69, 9.17) is 22.7 Å². The smallest absolute Gasteiger partial charge is 0.347 e. The normalized spacial score (nSPS) is 10.3. The molecule has 0 spiro atoms. The van der Waals surface area contributed by atoms with Gasteiger partial charge in [-0.25, -0.2) is 4.79 Å². The molecular formula is C18H16N4O2S. The summed E-state index contributed by atoms with van der Waals surface area (Å²) >= 11 is 5.49. The Hall–Kier alpha value is -3.19. The van der Waals surface area contributed by atoms with Crippen LogP contribution in [0.2, 0.25) is 0 Å². The lowest BCUT2D eigenvalue weighted by Crippen LogP contribution is -2.22. The zero-order valence-electron chi connectivity index (χ0n) is 13.4. The molecule has 0 atom stereocenters. The Morgan fingerprint density at radius 1 is 1.16 bits per heavy atom. The summed E-state index contributed by atoms with van der Waals surface area (Å²) in [5.74, 6) is 0.780. The van der Waals surface area contributed by atoms with E-state index in [0.29, 0.717) is 22.0 Å². The number of nitrogens with zero attached hydrogens (tertiary/aromatic N) is 1. The molecule has 7 heteroatoms. The number of para-hydroxylation sites is 1. The van der Waals surface area contributed by atoms with Gasteiger partial charge in [0.2, 0.25) is 0 Å². The number of nitrogens with one attached hydrogen (secondary N) is 2. The van der Waals surface area contributed by atoms with Crippen molar-refractivity contribution >= 4 is 28.7 Å². The molecule has 126 valence electrons. The van der Waals surface area contributed by atoms with Crippen molar-refractivity contribution in [3.63, 3.8) is 0 Å². The first-order valence-electron chi connectivity index (χ1n) is 7.49. The Morgan fingerprint density at radius 2 is 1.84 bits per heavy atom. The van der Waals surface area contributed by atoms with Crippen LogP contribution in [0.25, 0.3) is 11.3 Å². The van der Waals surface area contributed by atoms with Crippen LogP contribution in [0, 0.1) is 0 Å². The van der Waals surface area contributed by atoms with E-state index in [1.165, 1.54) is 0 Å². The molecule has 2 aromatic carbocycles.